The van der Waals surface area contributed by atoms with Crippen molar-refractivity contribution in [2.75, 3.05) is 0 Å². The summed E-state index contributed by atoms with van der Waals surface area (Å²) < 4.78 is 0. The molecule has 0 aliphatic carbocycles. The van der Waals surface area contributed by atoms with E-state index >= 15 is 0 Å². The third kappa shape index (κ3) is 1.56. The van der Waals surface area contributed by atoms with Crippen LogP contribution >= 0.6 is 0 Å². The van der Waals surface area contributed by atoms with Crippen LogP contribution < -0.4 is 5.73 Å². The van der Waals surface area contributed by atoms with Gasteiger partial charge in [0.1, 0.15) is 0 Å². The van der Waals surface area contributed by atoms with Crippen molar-refractivity contribution in [2.24, 2.45) is 16.6 Å². The molecule has 0 saturated heterocycles. The molecular formula is C7H12N2. The second-order valence-electron chi connectivity index (χ2n) is 2.59. The van der Waals surface area contributed by atoms with E-state index in [4.69, 9.17) is 5.73 Å². The lowest BCUT2D eigenvalue weighted by molar-refractivity contribution is 0.739. The lowest BCUT2D eigenvalue weighted by atomic mass is 10.0. The standard InChI is InChI=1S/C7H12N2/c1-5-3-6(2)9-7(8)4-5/h3,5H,4H2,1-2H3,(H2,8,9). The largest absolute Gasteiger partial charge is 0.387 e. The third-order valence-electron chi connectivity index (χ3n) is 1.38. The Labute approximate surface area is 55.5 Å². The van der Waals surface area contributed by atoms with Crippen molar-refractivity contribution < 1.29 is 0 Å². The van der Waals surface area contributed by atoms with Crippen LogP contribution in [0.2, 0.25) is 0 Å². The molecule has 1 aliphatic heterocycles. The van der Waals surface area contributed by atoms with E-state index in [2.05, 4.69) is 18.0 Å². The van der Waals surface area contributed by atoms with Crippen molar-refractivity contribution in [1.29, 1.82) is 0 Å². The van der Waals surface area contributed by atoms with Gasteiger partial charge in [0, 0.05) is 12.1 Å². The van der Waals surface area contributed by atoms with Gasteiger partial charge in [-0.1, -0.05) is 13.0 Å². The summed E-state index contributed by atoms with van der Waals surface area (Å²) in [6.45, 7) is 4.12. The van der Waals surface area contributed by atoms with Crippen LogP contribution in [0.3, 0.4) is 0 Å². The predicted molar refractivity (Wildman–Crippen MR) is 39.2 cm³/mol. The van der Waals surface area contributed by atoms with Crippen molar-refractivity contribution in [2.45, 2.75) is 20.3 Å². The zero-order valence-electron chi connectivity index (χ0n) is 5.89. The lowest BCUT2D eigenvalue weighted by Gasteiger charge is -2.11. The summed E-state index contributed by atoms with van der Waals surface area (Å²) in [5, 5.41) is 0. The first-order valence-corrected chi connectivity index (χ1v) is 3.20. The summed E-state index contributed by atoms with van der Waals surface area (Å²) >= 11 is 0. The van der Waals surface area contributed by atoms with Gasteiger partial charge < -0.3 is 5.73 Å². The highest BCUT2D eigenvalue weighted by molar-refractivity contribution is 5.82. The van der Waals surface area contributed by atoms with E-state index < -0.39 is 0 Å². The second kappa shape index (κ2) is 2.21. The van der Waals surface area contributed by atoms with Gasteiger partial charge in [0.15, 0.2) is 0 Å². The quantitative estimate of drug-likeness (QED) is 0.519. The second-order valence-corrected chi connectivity index (χ2v) is 2.59. The number of allylic oxidation sites excluding steroid dienone is 2. The minimum absolute atomic E-state index is 0.572. The Bertz CT molecular complexity index is 168. The number of nitrogens with two attached hydrogens (primary N) is 1. The van der Waals surface area contributed by atoms with E-state index in [9.17, 15) is 0 Å². The Kier molecular flexibility index (Phi) is 1.56. The monoisotopic (exact) mass is 124 g/mol. The average molecular weight is 124 g/mol. The molecule has 0 aromatic heterocycles. The van der Waals surface area contributed by atoms with Gasteiger partial charge in [0.25, 0.3) is 0 Å². The molecular weight excluding hydrogens is 112 g/mol. The van der Waals surface area contributed by atoms with E-state index in [1.807, 2.05) is 6.92 Å². The molecule has 0 aromatic carbocycles. The van der Waals surface area contributed by atoms with Gasteiger partial charge in [-0.05, 0) is 12.8 Å². The Morgan fingerprint density at radius 2 is 2.44 bits per heavy atom. The molecule has 2 nitrogen and oxygen atoms in total. The SMILES string of the molecule is CC1=CC(C)CC(N)=N1. The highest BCUT2D eigenvalue weighted by atomic mass is 14.9. The summed E-state index contributed by atoms with van der Waals surface area (Å²) in [4.78, 5) is 4.09. The number of hydrogen-bond acceptors (Lipinski definition) is 2. The maximum atomic E-state index is 5.52. The van der Waals surface area contributed by atoms with E-state index in [1.165, 1.54) is 0 Å². The Hall–Kier alpha value is -0.790. The van der Waals surface area contributed by atoms with Gasteiger partial charge >= 0.3 is 0 Å². The molecule has 2 heteroatoms. The van der Waals surface area contributed by atoms with Crippen LogP contribution in [0, 0.1) is 5.92 Å². The number of nitrogens with zero attached hydrogens (tertiary/aromatic N) is 1. The van der Waals surface area contributed by atoms with Gasteiger partial charge in [0.05, 0.1) is 5.84 Å². The van der Waals surface area contributed by atoms with Gasteiger partial charge in [-0.2, -0.15) is 0 Å². The molecule has 50 valence electrons. The molecule has 0 amide bonds. The van der Waals surface area contributed by atoms with Crippen molar-refractivity contribution in [3.8, 4) is 0 Å². The van der Waals surface area contributed by atoms with Crippen molar-refractivity contribution in [3.63, 3.8) is 0 Å². The number of rotatable bonds is 0. The minimum atomic E-state index is 0.572. The van der Waals surface area contributed by atoms with Crippen LogP contribution in [-0.2, 0) is 0 Å². The molecule has 0 fully saturated rings. The van der Waals surface area contributed by atoms with Gasteiger partial charge in [-0.3, -0.25) is 0 Å². The molecule has 1 unspecified atom stereocenters. The maximum absolute atomic E-state index is 5.52. The summed E-state index contributed by atoms with van der Waals surface area (Å²) in [5.74, 6) is 1.34. The fourth-order valence-corrected chi connectivity index (χ4v) is 1.11. The van der Waals surface area contributed by atoms with Crippen molar-refractivity contribution in [1.82, 2.24) is 0 Å². The Morgan fingerprint density at radius 3 is 2.89 bits per heavy atom. The molecule has 1 atom stereocenters. The molecule has 9 heavy (non-hydrogen) atoms. The van der Waals surface area contributed by atoms with E-state index in [1.54, 1.807) is 0 Å². The van der Waals surface area contributed by atoms with Crippen LogP contribution in [-0.4, -0.2) is 5.84 Å². The molecule has 0 aromatic rings. The van der Waals surface area contributed by atoms with Crippen LogP contribution in [0.4, 0.5) is 0 Å². The molecule has 0 spiro atoms. The number of amidine groups is 1. The zero-order valence-corrected chi connectivity index (χ0v) is 5.89. The maximum Gasteiger partial charge on any atom is 0.0997 e. The lowest BCUT2D eigenvalue weighted by Crippen LogP contribution is -2.17. The summed E-state index contributed by atoms with van der Waals surface area (Å²) in [7, 11) is 0. The van der Waals surface area contributed by atoms with Crippen LogP contribution in [0.1, 0.15) is 20.3 Å². The Balaban J connectivity index is 2.74. The fourth-order valence-electron chi connectivity index (χ4n) is 1.11. The molecule has 2 N–H and O–H groups in total. The number of aliphatic imine (C=N–C) groups is 1. The van der Waals surface area contributed by atoms with Crippen LogP contribution in [0.25, 0.3) is 0 Å². The highest BCUT2D eigenvalue weighted by Crippen LogP contribution is 2.13. The van der Waals surface area contributed by atoms with Gasteiger partial charge in [-0.25, -0.2) is 4.99 Å². The number of hydrogen-bond donors (Lipinski definition) is 1. The zero-order chi connectivity index (χ0) is 6.85. The van der Waals surface area contributed by atoms with E-state index in [0.717, 1.165) is 18.0 Å². The molecule has 1 heterocycles. The smallest absolute Gasteiger partial charge is 0.0997 e. The topological polar surface area (TPSA) is 38.4 Å². The van der Waals surface area contributed by atoms with Crippen LogP contribution in [0.15, 0.2) is 16.8 Å². The summed E-state index contributed by atoms with van der Waals surface area (Å²) in [5.41, 5.74) is 6.57. The van der Waals surface area contributed by atoms with Gasteiger partial charge in [-0.15, -0.1) is 0 Å². The molecule has 0 bridgehead atoms. The first kappa shape index (κ1) is 6.33. The normalized spacial score (nSPS) is 27.1. The van der Waals surface area contributed by atoms with E-state index in [0.29, 0.717) is 5.92 Å². The summed E-state index contributed by atoms with van der Waals surface area (Å²) in [6, 6.07) is 0. The summed E-state index contributed by atoms with van der Waals surface area (Å²) in [6.07, 6.45) is 3.05. The molecule has 1 aliphatic rings. The van der Waals surface area contributed by atoms with Crippen molar-refractivity contribution in [3.05, 3.63) is 11.8 Å². The average Bonchev–Trinajstić information content (AvgIpc) is 1.59. The first-order chi connectivity index (χ1) is 4.18. The van der Waals surface area contributed by atoms with Gasteiger partial charge in [0.2, 0.25) is 0 Å². The van der Waals surface area contributed by atoms with Crippen LogP contribution in [0.5, 0.6) is 0 Å². The molecule has 0 radical (unpaired) electrons. The van der Waals surface area contributed by atoms with E-state index in [-0.39, 0.29) is 0 Å². The third-order valence-corrected chi connectivity index (χ3v) is 1.38. The first-order valence-electron chi connectivity index (χ1n) is 3.20. The Morgan fingerprint density at radius 1 is 1.78 bits per heavy atom. The highest BCUT2D eigenvalue weighted by Gasteiger charge is 2.06. The predicted octanol–water partition coefficient (Wildman–Crippen LogP) is 1.29. The fraction of sp³-hybridized carbons (Fsp3) is 0.571. The molecule has 0 saturated carbocycles. The minimum Gasteiger partial charge on any atom is -0.387 e. The molecule has 1 rings (SSSR count). The van der Waals surface area contributed by atoms with Crippen molar-refractivity contribution >= 4 is 5.84 Å².